The summed E-state index contributed by atoms with van der Waals surface area (Å²) in [5.74, 6) is -0.432. The lowest BCUT2D eigenvalue weighted by atomic mass is 10.0. The normalized spacial score (nSPS) is 13.0. The zero-order chi connectivity index (χ0) is 13.7. The zero-order valence-corrected chi connectivity index (χ0v) is 11.8. The third-order valence-electron chi connectivity index (χ3n) is 2.89. The minimum absolute atomic E-state index is 0.347. The van der Waals surface area contributed by atoms with Crippen LogP contribution in [0.4, 0.5) is 0 Å². The standard InChI is InChI=1S/C14H20ClNO2/c1-10(2)8-13(14(17)18)16(3)9-11-6-4-5-7-12(11)15/h4-7,10,13H,8-9H2,1-3H3,(H,17,18). The van der Waals surface area contributed by atoms with Crippen LogP contribution in [0.5, 0.6) is 0 Å². The first-order valence-electron chi connectivity index (χ1n) is 6.08. The lowest BCUT2D eigenvalue weighted by Gasteiger charge is -2.26. The predicted molar refractivity (Wildman–Crippen MR) is 73.8 cm³/mol. The van der Waals surface area contributed by atoms with E-state index in [1.807, 2.05) is 50.1 Å². The first-order valence-corrected chi connectivity index (χ1v) is 6.46. The van der Waals surface area contributed by atoms with Gasteiger partial charge in [0.2, 0.25) is 0 Å². The number of nitrogens with zero attached hydrogens (tertiary/aromatic N) is 1. The fourth-order valence-corrected chi connectivity index (χ4v) is 2.12. The van der Waals surface area contributed by atoms with Gasteiger partial charge in [0.15, 0.2) is 0 Å². The molecule has 1 aromatic carbocycles. The van der Waals surface area contributed by atoms with E-state index in [2.05, 4.69) is 0 Å². The molecule has 0 aromatic heterocycles. The molecule has 18 heavy (non-hydrogen) atoms. The van der Waals surface area contributed by atoms with E-state index in [0.717, 1.165) is 5.56 Å². The number of carboxylic acids is 1. The quantitative estimate of drug-likeness (QED) is 0.862. The lowest BCUT2D eigenvalue weighted by molar-refractivity contribution is -0.143. The molecule has 0 radical (unpaired) electrons. The van der Waals surface area contributed by atoms with Gasteiger partial charge >= 0.3 is 5.97 Å². The number of carbonyl (C=O) groups is 1. The Labute approximate surface area is 113 Å². The Morgan fingerprint density at radius 3 is 2.50 bits per heavy atom. The van der Waals surface area contributed by atoms with Crippen LogP contribution in [0.1, 0.15) is 25.8 Å². The van der Waals surface area contributed by atoms with Crippen LogP contribution in [0.2, 0.25) is 5.02 Å². The molecule has 1 rings (SSSR count). The SMILES string of the molecule is CC(C)CC(C(=O)O)N(C)Cc1ccccc1Cl. The van der Waals surface area contributed by atoms with Gasteiger partial charge in [-0.2, -0.15) is 0 Å². The van der Waals surface area contributed by atoms with Crippen LogP contribution < -0.4 is 0 Å². The first kappa shape index (κ1) is 15.0. The fourth-order valence-electron chi connectivity index (χ4n) is 1.92. The molecule has 0 fully saturated rings. The number of benzene rings is 1. The molecule has 0 amide bonds. The molecule has 0 saturated carbocycles. The van der Waals surface area contributed by atoms with E-state index in [1.165, 1.54) is 0 Å². The van der Waals surface area contributed by atoms with Gasteiger partial charge in [-0.3, -0.25) is 9.69 Å². The molecule has 3 nitrogen and oxygen atoms in total. The van der Waals surface area contributed by atoms with Crippen molar-refractivity contribution in [3.63, 3.8) is 0 Å². The maximum Gasteiger partial charge on any atom is 0.320 e. The molecule has 0 aliphatic carbocycles. The van der Waals surface area contributed by atoms with Crippen molar-refractivity contribution in [2.45, 2.75) is 32.9 Å². The van der Waals surface area contributed by atoms with Crippen molar-refractivity contribution < 1.29 is 9.90 Å². The van der Waals surface area contributed by atoms with Crippen LogP contribution >= 0.6 is 11.6 Å². The molecule has 1 aromatic rings. The van der Waals surface area contributed by atoms with Gasteiger partial charge in [0.05, 0.1) is 0 Å². The predicted octanol–water partition coefficient (Wildman–Crippen LogP) is 3.27. The highest BCUT2D eigenvalue weighted by molar-refractivity contribution is 6.31. The van der Waals surface area contributed by atoms with Gasteiger partial charge in [0, 0.05) is 11.6 Å². The maximum atomic E-state index is 11.3. The second-order valence-electron chi connectivity index (χ2n) is 4.99. The Kier molecular flexibility index (Phi) is 5.63. The largest absolute Gasteiger partial charge is 0.480 e. The van der Waals surface area contributed by atoms with Gasteiger partial charge in [-0.15, -0.1) is 0 Å². The monoisotopic (exact) mass is 269 g/mol. The number of aliphatic carboxylic acids is 1. The van der Waals surface area contributed by atoms with Crippen molar-refractivity contribution in [2.75, 3.05) is 7.05 Å². The van der Waals surface area contributed by atoms with E-state index >= 15 is 0 Å². The average Bonchev–Trinajstić information content (AvgIpc) is 2.28. The Morgan fingerprint density at radius 1 is 1.39 bits per heavy atom. The number of hydrogen-bond donors (Lipinski definition) is 1. The second-order valence-corrected chi connectivity index (χ2v) is 5.40. The van der Waals surface area contributed by atoms with Crippen LogP contribution in [0.15, 0.2) is 24.3 Å². The van der Waals surface area contributed by atoms with Gasteiger partial charge in [0.1, 0.15) is 6.04 Å². The summed E-state index contributed by atoms with van der Waals surface area (Å²) in [6.45, 7) is 4.60. The summed E-state index contributed by atoms with van der Waals surface area (Å²) in [6, 6.07) is 7.05. The summed E-state index contributed by atoms with van der Waals surface area (Å²) < 4.78 is 0. The van der Waals surface area contributed by atoms with E-state index in [1.54, 1.807) is 0 Å². The molecule has 0 spiro atoms. The summed E-state index contributed by atoms with van der Waals surface area (Å²) >= 11 is 6.08. The highest BCUT2D eigenvalue weighted by atomic mass is 35.5. The summed E-state index contributed by atoms with van der Waals surface area (Å²) in [7, 11) is 1.82. The molecule has 100 valence electrons. The maximum absolute atomic E-state index is 11.3. The molecular weight excluding hydrogens is 250 g/mol. The highest BCUT2D eigenvalue weighted by Gasteiger charge is 2.23. The molecule has 0 bridgehead atoms. The van der Waals surface area contributed by atoms with Gasteiger partial charge in [0.25, 0.3) is 0 Å². The van der Waals surface area contributed by atoms with Crippen LogP contribution in [0.3, 0.4) is 0 Å². The summed E-state index contributed by atoms with van der Waals surface area (Å²) in [6.07, 6.45) is 0.635. The smallest absolute Gasteiger partial charge is 0.320 e. The van der Waals surface area contributed by atoms with Crippen molar-refractivity contribution in [1.29, 1.82) is 0 Å². The molecule has 0 aliphatic heterocycles. The van der Waals surface area contributed by atoms with Gasteiger partial charge < -0.3 is 5.11 Å². The van der Waals surface area contributed by atoms with E-state index < -0.39 is 12.0 Å². The third kappa shape index (κ3) is 4.31. The first-order chi connectivity index (χ1) is 8.41. The van der Waals surface area contributed by atoms with Crippen molar-refractivity contribution in [1.82, 2.24) is 4.90 Å². The molecule has 0 heterocycles. The Balaban J connectivity index is 2.76. The topological polar surface area (TPSA) is 40.5 Å². The number of hydrogen-bond acceptors (Lipinski definition) is 2. The molecular formula is C14H20ClNO2. The molecule has 1 N–H and O–H groups in total. The molecule has 0 aliphatic rings. The molecule has 4 heteroatoms. The van der Waals surface area contributed by atoms with Crippen LogP contribution in [-0.4, -0.2) is 29.1 Å². The Hall–Kier alpha value is -1.06. The number of carboxylic acid groups (broad SMARTS) is 1. The van der Waals surface area contributed by atoms with Gasteiger partial charge in [-0.05, 0) is 31.0 Å². The lowest BCUT2D eigenvalue weighted by Crippen LogP contribution is -2.39. The zero-order valence-electron chi connectivity index (χ0n) is 11.1. The molecule has 1 unspecified atom stereocenters. The number of rotatable bonds is 6. The van der Waals surface area contributed by atoms with E-state index in [4.69, 9.17) is 11.6 Å². The Bertz CT molecular complexity index is 407. The third-order valence-corrected chi connectivity index (χ3v) is 3.26. The van der Waals surface area contributed by atoms with E-state index in [9.17, 15) is 9.90 Å². The van der Waals surface area contributed by atoms with E-state index in [0.29, 0.717) is 23.9 Å². The van der Waals surface area contributed by atoms with Crippen molar-refractivity contribution >= 4 is 17.6 Å². The van der Waals surface area contributed by atoms with Crippen molar-refractivity contribution in [3.05, 3.63) is 34.9 Å². The van der Waals surface area contributed by atoms with Crippen LogP contribution in [0, 0.1) is 5.92 Å². The van der Waals surface area contributed by atoms with Gasteiger partial charge in [-0.25, -0.2) is 0 Å². The minimum Gasteiger partial charge on any atom is -0.480 e. The second kappa shape index (κ2) is 6.76. The number of likely N-dealkylation sites (N-methyl/N-ethyl adjacent to an activating group) is 1. The summed E-state index contributed by atoms with van der Waals surface area (Å²) in [5.41, 5.74) is 0.955. The van der Waals surface area contributed by atoms with Crippen molar-refractivity contribution in [3.8, 4) is 0 Å². The molecule has 0 saturated heterocycles. The van der Waals surface area contributed by atoms with Crippen molar-refractivity contribution in [2.24, 2.45) is 5.92 Å². The van der Waals surface area contributed by atoms with Crippen LogP contribution in [0.25, 0.3) is 0 Å². The van der Waals surface area contributed by atoms with E-state index in [-0.39, 0.29) is 0 Å². The number of halogens is 1. The van der Waals surface area contributed by atoms with Gasteiger partial charge in [-0.1, -0.05) is 43.6 Å². The Morgan fingerprint density at radius 2 is 2.00 bits per heavy atom. The highest BCUT2D eigenvalue weighted by Crippen LogP contribution is 2.19. The fraction of sp³-hybridized carbons (Fsp3) is 0.500. The average molecular weight is 270 g/mol. The minimum atomic E-state index is -0.779. The van der Waals surface area contributed by atoms with Crippen LogP contribution in [-0.2, 0) is 11.3 Å². The molecule has 1 atom stereocenters. The summed E-state index contributed by atoms with van der Waals surface area (Å²) in [4.78, 5) is 13.1. The summed E-state index contributed by atoms with van der Waals surface area (Å²) in [5, 5.41) is 9.94.